The minimum absolute atomic E-state index is 0. The Hall–Kier alpha value is -1.11. The number of hydrogen-bond acceptors (Lipinski definition) is 3. The monoisotopic (exact) mass is 403 g/mol. The number of carbonyl (C=O) groups excluding carboxylic acids is 2. The van der Waals surface area contributed by atoms with E-state index in [1.165, 1.54) is 0 Å². The molecular weight excluding hydrogens is 382 g/mol. The van der Waals surface area contributed by atoms with Crippen molar-refractivity contribution in [2.45, 2.75) is 32.7 Å². The average Bonchev–Trinajstić information content (AvgIpc) is 2.80. The van der Waals surface area contributed by atoms with Crippen molar-refractivity contribution >= 4 is 45.8 Å². The van der Waals surface area contributed by atoms with Crippen LogP contribution in [0.4, 0.5) is 5.69 Å². The Labute approximate surface area is 151 Å². The summed E-state index contributed by atoms with van der Waals surface area (Å²) in [6, 6.07) is 5.76. The first-order valence-electron chi connectivity index (χ1n) is 7.30. The molecule has 1 unspecified atom stereocenters. The molecule has 1 fully saturated rings. The van der Waals surface area contributed by atoms with Gasteiger partial charge in [0, 0.05) is 35.2 Å². The molecule has 1 saturated heterocycles. The number of benzene rings is 1. The zero-order chi connectivity index (χ0) is 16.5. The number of carbonyl (C=O) groups is 2. The molecule has 23 heavy (non-hydrogen) atoms. The molecule has 2 rings (SSSR count). The summed E-state index contributed by atoms with van der Waals surface area (Å²) in [5, 5.41) is 2.83. The van der Waals surface area contributed by atoms with Crippen molar-refractivity contribution in [2.24, 2.45) is 11.7 Å². The Morgan fingerprint density at radius 2 is 2.13 bits per heavy atom. The van der Waals surface area contributed by atoms with Gasteiger partial charge in [-0.2, -0.15) is 0 Å². The molecule has 1 aliphatic rings. The fourth-order valence-electron chi connectivity index (χ4n) is 2.39. The van der Waals surface area contributed by atoms with Crippen LogP contribution >= 0.6 is 28.3 Å². The number of amides is 2. The maximum Gasteiger partial charge on any atom is 0.227 e. The third-order valence-corrected chi connectivity index (χ3v) is 4.56. The summed E-state index contributed by atoms with van der Waals surface area (Å²) in [5.41, 5.74) is 7.30. The highest BCUT2D eigenvalue weighted by Gasteiger charge is 2.35. The minimum atomic E-state index is -0.458. The van der Waals surface area contributed by atoms with Gasteiger partial charge in [-0.3, -0.25) is 9.59 Å². The zero-order valence-corrected chi connectivity index (χ0v) is 16.0. The quantitative estimate of drug-likeness (QED) is 0.809. The van der Waals surface area contributed by atoms with Crippen LogP contribution < -0.4 is 16.0 Å². The van der Waals surface area contributed by atoms with Crippen LogP contribution in [0.2, 0.25) is 0 Å². The first kappa shape index (κ1) is 19.9. The fraction of sp³-hybridized carbons (Fsp3) is 0.500. The van der Waals surface area contributed by atoms with Gasteiger partial charge in [0.15, 0.2) is 0 Å². The average molecular weight is 405 g/mol. The maximum atomic E-state index is 12.2. The lowest BCUT2D eigenvalue weighted by atomic mass is 10.1. The van der Waals surface area contributed by atoms with Crippen LogP contribution in [-0.4, -0.2) is 30.4 Å². The number of nitrogens with one attached hydrogen (secondary N) is 1. The van der Waals surface area contributed by atoms with Crippen LogP contribution in [0, 0.1) is 12.8 Å². The van der Waals surface area contributed by atoms with E-state index in [1.807, 2.05) is 39.0 Å². The largest absolute Gasteiger partial charge is 0.354 e. The molecule has 3 N–H and O–H groups in total. The van der Waals surface area contributed by atoms with Crippen molar-refractivity contribution in [2.75, 3.05) is 18.0 Å². The van der Waals surface area contributed by atoms with Crippen LogP contribution in [0.15, 0.2) is 22.7 Å². The molecule has 128 valence electrons. The van der Waals surface area contributed by atoms with E-state index in [-0.39, 0.29) is 36.6 Å². The van der Waals surface area contributed by atoms with Crippen LogP contribution in [-0.2, 0) is 9.59 Å². The van der Waals surface area contributed by atoms with E-state index in [9.17, 15) is 9.59 Å². The summed E-state index contributed by atoms with van der Waals surface area (Å²) < 4.78 is 1.00. The highest BCUT2D eigenvalue weighted by atomic mass is 79.9. The van der Waals surface area contributed by atoms with Gasteiger partial charge >= 0.3 is 0 Å². The fourth-order valence-corrected chi connectivity index (χ4v) is 2.64. The van der Waals surface area contributed by atoms with Crippen molar-refractivity contribution in [3.8, 4) is 0 Å². The smallest absolute Gasteiger partial charge is 0.227 e. The van der Waals surface area contributed by atoms with Gasteiger partial charge in [0.1, 0.15) is 0 Å². The third-order valence-electron chi connectivity index (χ3n) is 3.67. The topological polar surface area (TPSA) is 75.4 Å². The number of aryl methyl sites for hydroxylation is 1. The van der Waals surface area contributed by atoms with Crippen LogP contribution in [0.25, 0.3) is 0 Å². The van der Waals surface area contributed by atoms with Crippen LogP contribution in [0.5, 0.6) is 0 Å². The Kier molecular flexibility index (Phi) is 6.62. The number of nitrogens with zero attached hydrogens (tertiary/aromatic N) is 1. The van der Waals surface area contributed by atoms with Gasteiger partial charge in [0.05, 0.1) is 5.92 Å². The third kappa shape index (κ3) is 5.19. The first-order chi connectivity index (χ1) is 10.2. The molecular formula is C16H23BrClN3O2. The van der Waals surface area contributed by atoms with Gasteiger partial charge in [-0.15, -0.1) is 12.4 Å². The van der Waals surface area contributed by atoms with Crippen molar-refractivity contribution in [1.29, 1.82) is 0 Å². The molecule has 1 aromatic carbocycles. The second-order valence-electron chi connectivity index (χ2n) is 6.55. The Morgan fingerprint density at radius 1 is 1.48 bits per heavy atom. The molecule has 1 aliphatic heterocycles. The number of anilines is 1. The first-order valence-corrected chi connectivity index (χ1v) is 8.10. The Balaban J connectivity index is 0.00000264. The Morgan fingerprint density at radius 3 is 2.70 bits per heavy atom. The molecule has 0 aromatic heterocycles. The van der Waals surface area contributed by atoms with E-state index in [1.54, 1.807) is 4.90 Å². The molecule has 0 radical (unpaired) electrons. The van der Waals surface area contributed by atoms with E-state index in [0.717, 1.165) is 15.7 Å². The highest BCUT2D eigenvalue weighted by Crippen LogP contribution is 2.28. The van der Waals surface area contributed by atoms with Gasteiger partial charge < -0.3 is 16.0 Å². The van der Waals surface area contributed by atoms with Gasteiger partial charge in [-0.05, 0) is 44.5 Å². The van der Waals surface area contributed by atoms with Crippen molar-refractivity contribution in [3.05, 3.63) is 28.2 Å². The minimum Gasteiger partial charge on any atom is -0.354 e. The van der Waals surface area contributed by atoms with Gasteiger partial charge in [-0.25, -0.2) is 0 Å². The lowest BCUT2D eigenvalue weighted by molar-refractivity contribution is -0.126. The van der Waals surface area contributed by atoms with Gasteiger partial charge in [0.25, 0.3) is 0 Å². The van der Waals surface area contributed by atoms with E-state index in [4.69, 9.17) is 5.73 Å². The molecule has 7 heteroatoms. The molecule has 0 bridgehead atoms. The second kappa shape index (κ2) is 7.64. The predicted molar refractivity (Wildman–Crippen MR) is 97.9 cm³/mol. The summed E-state index contributed by atoms with van der Waals surface area (Å²) in [7, 11) is 0. The number of nitrogens with two attached hydrogens (primary N) is 1. The molecule has 1 atom stereocenters. The van der Waals surface area contributed by atoms with Gasteiger partial charge in [0.2, 0.25) is 11.8 Å². The lowest BCUT2D eigenvalue weighted by Crippen LogP contribution is -2.46. The van der Waals surface area contributed by atoms with Crippen LogP contribution in [0.3, 0.4) is 0 Å². The standard InChI is InChI=1S/C16H22BrN3O2.ClH/c1-10-6-12(4-5-13(10)17)20-8-11(7-14(20)21)15(22)19-9-16(2,3)18;/h4-6,11H,7-9,18H2,1-3H3,(H,19,22);1H. The Bertz CT molecular complexity index is 601. The maximum absolute atomic E-state index is 12.2. The summed E-state index contributed by atoms with van der Waals surface area (Å²) in [4.78, 5) is 26.1. The van der Waals surface area contributed by atoms with Crippen molar-refractivity contribution < 1.29 is 9.59 Å². The molecule has 2 amide bonds. The molecule has 0 saturated carbocycles. The number of hydrogen-bond donors (Lipinski definition) is 2. The van der Waals surface area contributed by atoms with E-state index in [0.29, 0.717) is 13.1 Å². The number of rotatable bonds is 4. The second-order valence-corrected chi connectivity index (χ2v) is 7.40. The van der Waals surface area contributed by atoms with E-state index < -0.39 is 5.54 Å². The molecule has 0 spiro atoms. The zero-order valence-electron chi connectivity index (χ0n) is 13.6. The van der Waals surface area contributed by atoms with Crippen molar-refractivity contribution in [1.82, 2.24) is 5.32 Å². The summed E-state index contributed by atoms with van der Waals surface area (Å²) in [5.74, 6) is -0.448. The predicted octanol–water partition coefficient (Wildman–Crippen LogP) is 2.39. The van der Waals surface area contributed by atoms with E-state index >= 15 is 0 Å². The number of halogens is 2. The normalized spacial score (nSPS) is 17.9. The summed E-state index contributed by atoms with van der Waals surface area (Å²) in [6.07, 6.45) is 0.242. The summed E-state index contributed by atoms with van der Waals surface area (Å²) >= 11 is 3.45. The van der Waals surface area contributed by atoms with E-state index in [2.05, 4.69) is 21.2 Å². The molecule has 1 aromatic rings. The lowest BCUT2D eigenvalue weighted by Gasteiger charge is -2.21. The SMILES string of the molecule is Cc1cc(N2CC(C(=O)NCC(C)(C)N)CC2=O)ccc1Br.Cl. The summed E-state index contributed by atoms with van der Waals surface area (Å²) in [6.45, 7) is 6.49. The molecule has 5 nitrogen and oxygen atoms in total. The van der Waals surface area contributed by atoms with Crippen LogP contribution in [0.1, 0.15) is 25.8 Å². The molecule has 0 aliphatic carbocycles. The van der Waals surface area contributed by atoms with Gasteiger partial charge in [-0.1, -0.05) is 15.9 Å². The molecule has 1 heterocycles. The highest BCUT2D eigenvalue weighted by molar-refractivity contribution is 9.10. The van der Waals surface area contributed by atoms with Crippen molar-refractivity contribution in [3.63, 3.8) is 0 Å².